The fourth-order valence-corrected chi connectivity index (χ4v) is 4.73. The first-order valence-corrected chi connectivity index (χ1v) is 12.6. The van der Waals surface area contributed by atoms with Gasteiger partial charge in [-0.25, -0.2) is 0 Å². The van der Waals surface area contributed by atoms with Crippen LogP contribution in [-0.2, 0) is 29.3 Å². The zero-order valence-electron chi connectivity index (χ0n) is 22.0. The third kappa shape index (κ3) is 6.05. The molecule has 0 aliphatic carbocycles. The molecule has 1 aliphatic heterocycles. The van der Waals surface area contributed by atoms with Crippen LogP contribution in [0.15, 0.2) is 91.0 Å². The molecular weight excluding hydrogens is 452 g/mol. The first-order valence-electron chi connectivity index (χ1n) is 12.6. The molecule has 0 bridgehead atoms. The summed E-state index contributed by atoms with van der Waals surface area (Å²) in [4.78, 5) is 0. The summed E-state index contributed by atoms with van der Waals surface area (Å²) in [6.45, 7) is 8.55. The lowest BCUT2D eigenvalue weighted by Gasteiger charge is -2.37. The van der Waals surface area contributed by atoms with E-state index in [9.17, 15) is 0 Å². The summed E-state index contributed by atoms with van der Waals surface area (Å²) >= 11 is 0. The van der Waals surface area contributed by atoms with Crippen LogP contribution >= 0.6 is 0 Å². The molecule has 0 unspecified atom stereocenters. The van der Waals surface area contributed by atoms with Crippen molar-refractivity contribution in [2.24, 2.45) is 0 Å². The lowest BCUT2D eigenvalue weighted by atomic mass is 9.80. The molecule has 0 radical (unpaired) electrons. The second-order valence-corrected chi connectivity index (χ2v) is 10.0. The molecule has 0 saturated carbocycles. The predicted octanol–water partition coefficient (Wildman–Crippen LogP) is 6.30. The van der Waals surface area contributed by atoms with Crippen LogP contribution in [0.5, 0.6) is 0 Å². The van der Waals surface area contributed by atoms with E-state index >= 15 is 0 Å². The Labute approximate surface area is 215 Å². The summed E-state index contributed by atoms with van der Waals surface area (Å²) in [5, 5.41) is 0. The van der Waals surface area contributed by atoms with Gasteiger partial charge in [-0.15, -0.1) is 0 Å². The van der Waals surface area contributed by atoms with E-state index in [0.29, 0.717) is 19.6 Å². The van der Waals surface area contributed by atoms with E-state index in [2.05, 4.69) is 72.8 Å². The normalized spacial score (nSPS) is 18.8. The summed E-state index contributed by atoms with van der Waals surface area (Å²) in [6, 6.07) is 31.1. The summed E-state index contributed by atoms with van der Waals surface area (Å²) in [6.07, 6.45) is 0.102. The highest BCUT2D eigenvalue weighted by Gasteiger charge is 2.42. The van der Waals surface area contributed by atoms with Crippen LogP contribution in [0.25, 0.3) is 0 Å². The van der Waals surface area contributed by atoms with Gasteiger partial charge in [-0.1, -0.05) is 91.0 Å². The van der Waals surface area contributed by atoms with Crippen LogP contribution in [0.3, 0.4) is 0 Å². The summed E-state index contributed by atoms with van der Waals surface area (Å²) in [7, 11) is 1.65. The molecule has 0 amide bonds. The molecule has 1 aliphatic rings. The molecule has 2 atom stereocenters. The molecule has 5 nitrogen and oxygen atoms in total. The van der Waals surface area contributed by atoms with Crippen LogP contribution in [0.1, 0.15) is 50.8 Å². The van der Waals surface area contributed by atoms with Crippen molar-refractivity contribution in [3.63, 3.8) is 0 Å². The van der Waals surface area contributed by atoms with Gasteiger partial charge in [0.1, 0.15) is 11.7 Å². The average Bonchev–Trinajstić information content (AvgIpc) is 3.27. The second-order valence-electron chi connectivity index (χ2n) is 10.0. The van der Waals surface area contributed by atoms with Crippen molar-refractivity contribution >= 4 is 0 Å². The Bertz CT molecular complexity index is 969. The van der Waals surface area contributed by atoms with Gasteiger partial charge in [0, 0.05) is 7.11 Å². The smallest absolute Gasteiger partial charge is 0.163 e. The van der Waals surface area contributed by atoms with Gasteiger partial charge in [0.25, 0.3) is 0 Å². The Morgan fingerprint density at radius 1 is 0.833 bits per heavy atom. The van der Waals surface area contributed by atoms with E-state index in [1.54, 1.807) is 7.11 Å². The predicted molar refractivity (Wildman–Crippen MR) is 141 cm³/mol. The highest BCUT2D eigenvalue weighted by Crippen LogP contribution is 2.41. The molecule has 0 spiro atoms. The average molecular weight is 491 g/mol. The van der Waals surface area contributed by atoms with E-state index in [1.165, 1.54) is 0 Å². The van der Waals surface area contributed by atoms with E-state index in [4.69, 9.17) is 23.7 Å². The van der Waals surface area contributed by atoms with Gasteiger partial charge in [0.05, 0.1) is 19.3 Å². The van der Waals surface area contributed by atoms with Gasteiger partial charge in [0.15, 0.2) is 11.6 Å². The molecule has 3 aromatic carbocycles. The van der Waals surface area contributed by atoms with E-state index in [-0.39, 0.29) is 12.2 Å². The molecule has 1 fully saturated rings. The first-order chi connectivity index (χ1) is 17.3. The molecule has 5 heteroatoms. The highest BCUT2D eigenvalue weighted by atomic mass is 16.8. The summed E-state index contributed by atoms with van der Waals surface area (Å²) in [5.41, 5.74) is 2.42. The number of benzene rings is 3. The van der Waals surface area contributed by atoms with Crippen LogP contribution < -0.4 is 0 Å². The minimum atomic E-state index is -0.780. The number of rotatable bonds is 11. The summed E-state index contributed by atoms with van der Waals surface area (Å²) in [5.74, 6) is -1.41. The van der Waals surface area contributed by atoms with Crippen molar-refractivity contribution in [1.82, 2.24) is 0 Å². The third-order valence-corrected chi connectivity index (χ3v) is 6.63. The maximum Gasteiger partial charge on any atom is 0.163 e. The maximum absolute atomic E-state index is 6.96. The van der Waals surface area contributed by atoms with Gasteiger partial charge < -0.3 is 23.7 Å². The number of hydrogen-bond acceptors (Lipinski definition) is 5. The van der Waals surface area contributed by atoms with Crippen molar-refractivity contribution in [3.8, 4) is 0 Å². The Morgan fingerprint density at radius 2 is 1.31 bits per heavy atom. The monoisotopic (exact) mass is 490 g/mol. The van der Waals surface area contributed by atoms with Crippen LogP contribution in [0.2, 0.25) is 0 Å². The molecule has 192 valence electrons. The molecule has 4 rings (SSSR count). The fourth-order valence-electron chi connectivity index (χ4n) is 4.73. The first kappa shape index (κ1) is 26.5. The van der Waals surface area contributed by atoms with Crippen LogP contribution in [0.4, 0.5) is 0 Å². The van der Waals surface area contributed by atoms with E-state index in [1.807, 2.05) is 45.9 Å². The Balaban J connectivity index is 1.67. The highest BCUT2D eigenvalue weighted by molar-refractivity contribution is 5.47. The molecule has 0 aromatic heterocycles. The minimum absolute atomic E-state index is 0.224. The van der Waals surface area contributed by atoms with Crippen molar-refractivity contribution < 1.29 is 23.7 Å². The SMILES string of the molecule is COC(C)(C)O[C@H](CCOC(c1ccccc1)(c1ccccc1)c1ccccc1)[C@@H]1COC(C)(C)O1. The molecule has 36 heavy (non-hydrogen) atoms. The third-order valence-electron chi connectivity index (χ3n) is 6.63. The van der Waals surface area contributed by atoms with Gasteiger partial charge in [0.2, 0.25) is 0 Å². The molecule has 3 aromatic rings. The molecule has 0 N–H and O–H groups in total. The zero-order chi connectivity index (χ0) is 25.7. The fraction of sp³-hybridized carbons (Fsp3) is 0.419. The van der Waals surface area contributed by atoms with Crippen LogP contribution in [0, 0.1) is 0 Å². The standard InChI is InChI=1S/C31H38O5/c1-29(2,32-5)35-27(28-23-34-30(3,4)36-28)21-22-33-31(24-15-9-6-10-16-24,25-17-11-7-12-18-25)26-19-13-8-14-20-26/h6-20,27-28H,21-23H2,1-5H3/t27-,28+/m1/s1. The lowest BCUT2D eigenvalue weighted by molar-refractivity contribution is -0.251. The minimum Gasteiger partial charge on any atom is -0.361 e. The largest absolute Gasteiger partial charge is 0.361 e. The topological polar surface area (TPSA) is 46.2 Å². The zero-order valence-corrected chi connectivity index (χ0v) is 22.0. The van der Waals surface area contributed by atoms with Gasteiger partial charge in [-0.2, -0.15) is 0 Å². The van der Waals surface area contributed by atoms with Gasteiger partial charge >= 0.3 is 0 Å². The maximum atomic E-state index is 6.96. The number of hydrogen-bond donors (Lipinski definition) is 0. The number of ether oxygens (including phenoxy) is 5. The quantitative estimate of drug-likeness (QED) is 0.233. The number of methoxy groups -OCH3 is 1. The lowest BCUT2D eigenvalue weighted by Crippen LogP contribution is -2.42. The van der Waals surface area contributed by atoms with E-state index in [0.717, 1.165) is 16.7 Å². The Morgan fingerprint density at radius 3 is 1.69 bits per heavy atom. The Kier molecular flexibility index (Phi) is 8.28. The second kappa shape index (κ2) is 11.2. The Hall–Kier alpha value is -2.54. The van der Waals surface area contributed by atoms with Crippen molar-refractivity contribution in [3.05, 3.63) is 108 Å². The molecule has 1 saturated heterocycles. The molecule has 1 heterocycles. The van der Waals surface area contributed by atoms with Crippen molar-refractivity contribution in [1.29, 1.82) is 0 Å². The summed E-state index contributed by atoms with van der Waals surface area (Å²) < 4.78 is 31.0. The van der Waals surface area contributed by atoms with Crippen LogP contribution in [-0.4, -0.2) is 44.1 Å². The van der Waals surface area contributed by atoms with Gasteiger partial charge in [-0.3, -0.25) is 0 Å². The van der Waals surface area contributed by atoms with E-state index < -0.39 is 17.2 Å². The van der Waals surface area contributed by atoms with Crippen molar-refractivity contribution in [2.45, 2.75) is 63.5 Å². The van der Waals surface area contributed by atoms with Gasteiger partial charge in [-0.05, 0) is 50.8 Å². The molecular formula is C31H38O5. The van der Waals surface area contributed by atoms with Crippen molar-refractivity contribution in [2.75, 3.05) is 20.3 Å².